The minimum Gasteiger partial charge on any atom is -0.481 e. The predicted octanol–water partition coefficient (Wildman–Crippen LogP) is 1.71. The van der Waals surface area contributed by atoms with Gasteiger partial charge in [-0.2, -0.15) is 0 Å². The number of aromatic nitrogens is 1. The van der Waals surface area contributed by atoms with Crippen molar-refractivity contribution in [3.63, 3.8) is 0 Å². The summed E-state index contributed by atoms with van der Waals surface area (Å²) in [5.74, 6) is -1.70. The van der Waals surface area contributed by atoms with Gasteiger partial charge in [-0.3, -0.25) is 14.6 Å². The lowest BCUT2D eigenvalue weighted by Crippen LogP contribution is -2.31. The third-order valence-electron chi connectivity index (χ3n) is 2.62. The first-order valence-corrected chi connectivity index (χ1v) is 6.22. The number of rotatable bonds is 7. The van der Waals surface area contributed by atoms with Gasteiger partial charge >= 0.3 is 5.97 Å². The summed E-state index contributed by atoms with van der Waals surface area (Å²) < 4.78 is 0. The fraction of sp³-hybridized carbons (Fsp3) is 0.357. The van der Waals surface area contributed by atoms with Gasteiger partial charge in [0.1, 0.15) is 0 Å². The number of carbonyl (C=O) groups is 2. The number of nitrogens with zero attached hydrogens (tertiary/aromatic N) is 1. The topological polar surface area (TPSA) is 79.3 Å². The zero-order valence-corrected chi connectivity index (χ0v) is 10.9. The van der Waals surface area contributed by atoms with Crippen LogP contribution in [0.2, 0.25) is 0 Å². The van der Waals surface area contributed by atoms with Crippen LogP contribution >= 0.6 is 0 Å². The van der Waals surface area contributed by atoms with E-state index in [2.05, 4.69) is 10.3 Å². The lowest BCUT2D eigenvalue weighted by molar-refractivity contribution is -0.141. The molecule has 1 heterocycles. The van der Waals surface area contributed by atoms with E-state index in [4.69, 9.17) is 5.11 Å². The Hall–Kier alpha value is -2.17. The molecule has 0 spiro atoms. The van der Waals surface area contributed by atoms with E-state index in [1.54, 1.807) is 24.5 Å². The van der Waals surface area contributed by atoms with Crippen LogP contribution in [0.4, 0.5) is 0 Å². The molecular formula is C14H18N2O3. The van der Waals surface area contributed by atoms with Crippen molar-refractivity contribution in [1.29, 1.82) is 0 Å². The van der Waals surface area contributed by atoms with Crippen molar-refractivity contribution >= 4 is 18.0 Å². The summed E-state index contributed by atoms with van der Waals surface area (Å²) in [5.41, 5.74) is 0.820. The van der Waals surface area contributed by atoms with Crippen molar-refractivity contribution in [2.24, 2.45) is 5.92 Å². The molecule has 0 saturated heterocycles. The van der Waals surface area contributed by atoms with E-state index in [9.17, 15) is 9.59 Å². The number of hydrogen-bond acceptors (Lipinski definition) is 3. The fourth-order valence-corrected chi connectivity index (χ4v) is 1.59. The van der Waals surface area contributed by atoms with E-state index in [0.717, 1.165) is 12.0 Å². The maximum absolute atomic E-state index is 11.5. The van der Waals surface area contributed by atoms with E-state index in [-0.39, 0.29) is 12.5 Å². The standard InChI is InChI=1S/C14H18N2O3/c1-2-4-12(14(18)19)10-16-13(17)7-6-11-5-3-8-15-9-11/h3,5-9,12H,2,4,10H2,1H3,(H,16,17)(H,18,19). The summed E-state index contributed by atoms with van der Waals surface area (Å²) in [5, 5.41) is 11.5. The number of amides is 1. The Morgan fingerprint density at radius 2 is 2.32 bits per heavy atom. The highest BCUT2D eigenvalue weighted by Crippen LogP contribution is 2.05. The maximum Gasteiger partial charge on any atom is 0.308 e. The number of pyridine rings is 1. The van der Waals surface area contributed by atoms with Crippen LogP contribution in [-0.2, 0) is 9.59 Å². The molecule has 5 heteroatoms. The molecular weight excluding hydrogens is 244 g/mol. The van der Waals surface area contributed by atoms with E-state index in [1.165, 1.54) is 6.08 Å². The molecule has 0 fully saturated rings. The van der Waals surface area contributed by atoms with E-state index < -0.39 is 11.9 Å². The van der Waals surface area contributed by atoms with Crippen molar-refractivity contribution in [2.45, 2.75) is 19.8 Å². The Morgan fingerprint density at radius 1 is 1.53 bits per heavy atom. The molecule has 0 aliphatic carbocycles. The molecule has 2 N–H and O–H groups in total. The molecule has 1 aromatic heterocycles. The summed E-state index contributed by atoms with van der Waals surface area (Å²) in [7, 11) is 0. The number of carboxylic acids is 1. The quantitative estimate of drug-likeness (QED) is 0.733. The number of hydrogen-bond donors (Lipinski definition) is 2. The summed E-state index contributed by atoms with van der Waals surface area (Å²) >= 11 is 0. The van der Waals surface area contributed by atoms with Crippen LogP contribution in [0.3, 0.4) is 0 Å². The Bertz CT molecular complexity index is 443. The van der Waals surface area contributed by atoms with E-state index in [0.29, 0.717) is 6.42 Å². The molecule has 0 aliphatic rings. The van der Waals surface area contributed by atoms with Gasteiger partial charge in [-0.1, -0.05) is 19.4 Å². The summed E-state index contributed by atoms with van der Waals surface area (Å²) in [6.45, 7) is 2.07. The fourth-order valence-electron chi connectivity index (χ4n) is 1.59. The predicted molar refractivity (Wildman–Crippen MR) is 72.3 cm³/mol. The third-order valence-corrected chi connectivity index (χ3v) is 2.62. The molecule has 0 aromatic carbocycles. The molecule has 1 amide bonds. The average molecular weight is 262 g/mol. The van der Waals surface area contributed by atoms with Crippen molar-refractivity contribution in [3.05, 3.63) is 36.2 Å². The number of nitrogens with one attached hydrogen (secondary N) is 1. The first-order valence-electron chi connectivity index (χ1n) is 6.22. The van der Waals surface area contributed by atoms with Crippen LogP contribution in [0.5, 0.6) is 0 Å². The van der Waals surface area contributed by atoms with Crippen molar-refractivity contribution < 1.29 is 14.7 Å². The highest BCUT2D eigenvalue weighted by Gasteiger charge is 2.16. The molecule has 19 heavy (non-hydrogen) atoms. The molecule has 0 aliphatic heterocycles. The molecule has 0 bridgehead atoms. The van der Waals surface area contributed by atoms with Crippen LogP contribution in [0.15, 0.2) is 30.6 Å². The monoisotopic (exact) mass is 262 g/mol. The molecule has 5 nitrogen and oxygen atoms in total. The van der Waals surface area contributed by atoms with E-state index >= 15 is 0 Å². The normalized spacial score (nSPS) is 12.3. The average Bonchev–Trinajstić information content (AvgIpc) is 2.42. The van der Waals surface area contributed by atoms with E-state index in [1.807, 2.05) is 13.0 Å². The summed E-state index contributed by atoms with van der Waals surface area (Å²) in [6, 6.07) is 3.60. The minimum atomic E-state index is -0.876. The second-order valence-corrected chi connectivity index (χ2v) is 4.19. The Labute approximate surface area is 112 Å². The molecule has 1 atom stereocenters. The van der Waals surface area contributed by atoms with Crippen molar-refractivity contribution in [1.82, 2.24) is 10.3 Å². The molecule has 1 unspecified atom stereocenters. The molecule has 102 valence electrons. The van der Waals surface area contributed by atoms with Gasteiger partial charge < -0.3 is 10.4 Å². The molecule has 1 aromatic rings. The van der Waals surface area contributed by atoms with Crippen molar-refractivity contribution in [2.75, 3.05) is 6.54 Å². The first-order chi connectivity index (χ1) is 9.13. The summed E-state index contributed by atoms with van der Waals surface area (Å²) in [4.78, 5) is 26.4. The Morgan fingerprint density at radius 3 is 2.89 bits per heavy atom. The van der Waals surface area contributed by atoms with Crippen molar-refractivity contribution in [3.8, 4) is 0 Å². The highest BCUT2D eigenvalue weighted by molar-refractivity contribution is 5.91. The van der Waals surface area contributed by atoms with Gasteiger partial charge in [-0.05, 0) is 24.1 Å². The second-order valence-electron chi connectivity index (χ2n) is 4.19. The van der Waals surface area contributed by atoms with Gasteiger partial charge in [0.2, 0.25) is 5.91 Å². The van der Waals surface area contributed by atoms with Gasteiger partial charge in [-0.25, -0.2) is 0 Å². The van der Waals surface area contributed by atoms with Crippen LogP contribution in [0.25, 0.3) is 6.08 Å². The second kappa shape index (κ2) is 8.02. The molecule has 0 saturated carbocycles. The molecule has 0 radical (unpaired) electrons. The zero-order valence-electron chi connectivity index (χ0n) is 10.9. The third kappa shape index (κ3) is 5.81. The van der Waals surface area contributed by atoms with Gasteiger partial charge in [0.05, 0.1) is 5.92 Å². The number of aliphatic carboxylic acids is 1. The first kappa shape index (κ1) is 14.9. The Kier molecular flexibility index (Phi) is 6.29. The minimum absolute atomic E-state index is 0.152. The van der Waals surface area contributed by atoms with Crippen LogP contribution in [0.1, 0.15) is 25.3 Å². The lowest BCUT2D eigenvalue weighted by atomic mass is 10.0. The Balaban J connectivity index is 2.43. The van der Waals surface area contributed by atoms with Gasteiger partial charge in [0.15, 0.2) is 0 Å². The van der Waals surface area contributed by atoms with Crippen LogP contribution in [0, 0.1) is 5.92 Å². The van der Waals surface area contributed by atoms with Crippen LogP contribution in [-0.4, -0.2) is 28.5 Å². The smallest absolute Gasteiger partial charge is 0.308 e. The van der Waals surface area contributed by atoms with Gasteiger partial charge in [0, 0.05) is 25.0 Å². The van der Waals surface area contributed by atoms with Crippen LogP contribution < -0.4 is 5.32 Å². The SMILES string of the molecule is CCCC(CNC(=O)C=Cc1cccnc1)C(=O)O. The largest absolute Gasteiger partial charge is 0.481 e. The zero-order chi connectivity index (χ0) is 14.1. The number of carbonyl (C=O) groups excluding carboxylic acids is 1. The lowest BCUT2D eigenvalue weighted by Gasteiger charge is -2.10. The summed E-state index contributed by atoms with van der Waals surface area (Å²) in [6.07, 6.45) is 7.64. The van der Waals surface area contributed by atoms with Gasteiger partial charge in [0.25, 0.3) is 0 Å². The molecule has 1 rings (SSSR count). The van der Waals surface area contributed by atoms with Gasteiger partial charge in [-0.15, -0.1) is 0 Å². The maximum atomic E-state index is 11.5. The number of carboxylic acid groups (broad SMARTS) is 1. The highest BCUT2D eigenvalue weighted by atomic mass is 16.4.